The maximum absolute atomic E-state index is 4.55. The third kappa shape index (κ3) is 1.82. The van der Waals surface area contributed by atoms with Crippen LogP contribution in [0, 0.1) is 5.92 Å². The number of aromatic nitrogens is 2. The number of nitrogens with zero attached hydrogens (tertiary/aromatic N) is 2. The van der Waals surface area contributed by atoms with Crippen LogP contribution in [0.3, 0.4) is 0 Å². The van der Waals surface area contributed by atoms with Crippen LogP contribution >= 0.6 is 0 Å². The smallest absolute Gasteiger partial charge is 0.0624 e. The van der Waals surface area contributed by atoms with Crippen LogP contribution in [-0.2, 0) is 19.4 Å². The summed E-state index contributed by atoms with van der Waals surface area (Å²) in [5.74, 6) is 0.835. The van der Waals surface area contributed by atoms with E-state index in [1.807, 2.05) is 0 Å². The molecule has 0 spiro atoms. The van der Waals surface area contributed by atoms with E-state index in [4.69, 9.17) is 0 Å². The van der Waals surface area contributed by atoms with Gasteiger partial charge in [0.2, 0.25) is 0 Å². The normalized spacial score (nSPS) is 17.0. The summed E-state index contributed by atoms with van der Waals surface area (Å²) in [6.07, 6.45) is 2.23. The fourth-order valence-corrected chi connectivity index (χ4v) is 1.91. The lowest BCUT2D eigenvalue weighted by atomic mass is 9.97. The molecule has 1 N–H and O–H groups in total. The summed E-state index contributed by atoms with van der Waals surface area (Å²) >= 11 is 0. The fraction of sp³-hybridized carbons (Fsp3) is 0.727. The van der Waals surface area contributed by atoms with Gasteiger partial charge < -0.3 is 5.32 Å². The number of hydrogen-bond acceptors (Lipinski definition) is 2. The van der Waals surface area contributed by atoms with Crippen LogP contribution in [0.1, 0.15) is 25.2 Å². The molecule has 0 unspecified atom stereocenters. The summed E-state index contributed by atoms with van der Waals surface area (Å²) in [4.78, 5) is 0. The zero-order valence-corrected chi connectivity index (χ0v) is 9.08. The molecule has 0 radical (unpaired) electrons. The molecule has 1 fully saturated rings. The Hall–Kier alpha value is -0.830. The second-order valence-corrected chi connectivity index (χ2v) is 4.02. The minimum absolute atomic E-state index is 0.835. The van der Waals surface area contributed by atoms with Gasteiger partial charge in [-0.3, -0.25) is 4.68 Å². The zero-order chi connectivity index (χ0) is 9.97. The van der Waals surface area contributed by atoms with Crippen molar-refractivity contribution in [2.45, 2.75) is 33.2 Å². The van der Waals surface area contributed by atoms with E-state index in [0.717, 1.165) is 18.9 Å². The van der Waals surface area contributed by atoms with Crippen LogP contribution < -0.4 is 5.32 Å². The Labute approximate surface area is 85.5 Å². The summed E-state index contributed by atoms with van der Waals surface area (Å²) in [7, 11) is 0. The molecule has 1 aromatic heterocycles. The highest BCUT2D eigenvalue weighted by molar-refractivity contribution is 5.12. The lowest BCUT2D eigenvalue weighted by Crippen LogP contribution is -2.43. The highest BCUT2D eigenvalue weighted by atomic mass is 15.3. The molecule has 1 aliphatic rings. The monoisotopic (exact) mass is 193 g/mol. The molecular formula is C11H19N3. The van der Waals surface area contributed by atoms with E-state index in [2.05, 4.69) is 35.0 Å². The minimum atomic E-state index is 0.835. The molecule has 0 aromatic carbocycles. The van der Waals surface area contributed by atoms with Crippen LogP contribution in [-0.4, -0.2) is 22.9 Å². The van der Waals surface area contributed by atoms with Crippen LogP contribution in [0.2, 0.25) is 0 Å². The Morgan fingerprint density at radius 2 is 2.29 bits per heavy atom. The quantitative estimate of drug-likeness (QED) is 0.779. The molecule has 78 valence electrons. The predicted octanol–water partition coefficient (Wildman–Crippen LogP) is 1.23. The fourth-order valence-electron chi connectivity index (χ4n) is 1.91. The first-order chi connectivity index (χ1) is 6.83. The summed E-state index contributed by atoms with van der Waals surface area (Å²) in [5.41, 5.74) is 2.64. The Balaban J connectivity index is 2.08. The SMILES string of the molecule is CCc1cc(CC2CNC2)n(CC)n1. The van der Waals surface area contributed by atoms with Gasteiger partial charge in [0, 0.05) is 12.2 Å². The van der Waals surface area contributed by atoms with Crippen molar-refractivity contribution in [3.63, 3.8) is 0 Å². The summed E-state index contributed by atoms with van der Waals surface area (Å²) < 4.78 is 2.15. The van der Waals surface area contributed by atoms with Crippen molar-refractivity contribution in [3.8, 4) is 0 Å². The van der Waals surface area contributed by atoms with Gasteiger partial charge in [0.05, 0.1) is 5.69 Å². The van der Waals surface area contributed by atoms with Gasteiger partial charge in [0.25, 0.3) is 0 Å². The highest BCUT2D eigenvalue weighted by Gasteiger charge is 2.19. The molecule has 1 aliphatic heterocycles. The molecule has 2 rings (SSSR count). The van der Waals surface area contributed by atoms with Crippen molar-refractivity contribution in [2.75, 3.05) is 13.1 Å². The van der Waals surface area contributed by atoms with Crippen molar-refractivity contribution in [1.29, 1.82) is 0 Å². The van der Waals surface area contributed by atoms with Crippen molar-refractivity contribution in [1.82, 2.24) is 15.1 Å². The zero-order valence-electron chi connectivity index (χ0n) is 9.08. The first-order valence-corrected chi connectivity index (χ1v) is 5.59. The van der Waals surface area contributed by atoms with Crippen LogP contribution in [0.4, 0.5) is 0 Å². The Morgan fingerprint density at radius 1 is 1.50 bits per heavy atom. The molecule has 0 amide bonds. The van der Waals surface area contributed by atoms with Crippen molar-refractivity contribution < 1.29 is 0 Å². The average Bonchev–Trinajstić information content (AvgIpc) is 2.53. The second-order valence-electron chi connectivity index (χ2n) is 4.02. The Kier molecular flexibility index (Phi) is 2.87. The first-order valence-electron chi connectivity index (χ1n) is 5.59. The number of rotatable bonds is 4. The number of nitrogens with one attached hydrogen (secondary N) is 1. The standard InChI is InChI=1S/C11H19N3/c1-3-10-6-11(14(4-2)13-10)5-9-7-12-8-9/h6,9,12H,3-5,7-8H2,1-2H3. The van der Waals surface area contributed by atoms with E-state index in [9.17, 15) is 0 Å². The summed E-state index contributed by atoms with van der Waals surface area (Å²) in [6.45, 7) is 7.67. The van der Waals surface area contributed by atoms with Gasteiger partial charge in [0.15, 0.2) is 0 Å². The van der Waals surface area contributed by atoms with E-state index >= 15 is 0 Å². The molecule has 14 heavy (non-hydrogen) atoms. The average molecular weight is 193 g/mol. The molecule has 1 aromatic rings. The predicted molar refractivity (Wildman–Crippen MR) is 57.3 cm³/mol. The van der Waals surface area contributed by atoms with E-state index in [0.29, 0.717) is 0 Å². The molecule has 0 aliphatic carbocycles. The molecule has 0 atom stereocenters. The maximum atomic E-state index is 4.55. The molecular weight excluding hydrogens is 174 g/mol. The lowest BCUT2D eigenvalue weighted by molar-refractivity contribution is 0.338. The first kappa shape index (κ1) is 9.71. The van der Waals surface area contributed by atoms with Gasteiger partial charge in [-0.05, 0) is 44.8 Å². The van der Waals surface area contributed by atoms with Gasteiger partial charge in [-0.2, -0.15) is 5.10 Å². The van der Waals surface area contributed by atoms with Gasteiger partial charge in [-0.15, -0.1) is 0 Å². The Morgan fingerprint density at radius 3 is 2.79 bits per heavy atom. The van der Waals surface area contributed by atoms with E-state index in [1.54, 1.807) is 0 Å². The van der Waals surface area contributed by atoms with E-state index in [-0.39, 0.29) is 0 Å². The van der Waals surface area contributed by atoms with Gasteiger partial charge in [-0.1, -0.05) is 6.92 Å². The molecule has 0 bridgehead atoms. The van der Waals surface area contributed by atoms with Crippen LogP contribution in [0.25, 0.3) is 0 Å². The Bertz CT molecular complexity index is 299. The van der Waals surface area contributed by atoms with Gasteiger partial charge >= 0.3 is 0 Å². The van der Waals surface area contributed by atoms with Crippen molar-refractivity contribution in [3.05, 3.63) is 17.5 Å². The van der Waals surface area contributed by atoms with Crippen LogP contribution in [0.5, 0.6) is 0 Å². The number of hydrogen-bond donors (Lipinski definition) is 1. The van der Waals surface area contributed by atoms with Gasteiger partial charge in [0.1, 0.15) is 0 Å². The van der Waals surface area contributed by atoms with E-state index < -0.39 is 0 Å². The number of aryl methyl sites for hydroxylation is 2. The lowest BCUT2D eigenvalue weighted by Gasteiger charge is -2.26. The summed E-state index contributed by atoms with van der Waals surface area (Å²) in [5, 5.41) is 7.86. The van der Waals surface area contributed by atoms with Crippen molar-refractivity contribution >= 4 is 0 Å². The van der Waals surface area contributed by atoms with Crippen LogP contribution in [0.15, 0.2) is 6.07 Å². The third-order valence-electron chi connectivity index (χ3n) is 2.94. The topological polar surface area (TPSA) is 29.9 Å². The molecule has 3 heteroatoms. The second kappa shape index (κ2) is 4.13. The third-order valence-corrected chi connectivity index (χ3v) is 2.94. The highest BCUT2D eigenvalue weighted by Crippen LogP contribution is 2.14. The largest absolute Gasteiger partial charge is 0.316 e. The molecule has 2 heterocycles. The molecule has 1 saturated heterocycles. The van der Waals surface area contributed by atoms with Gasteiger partial charge in [-0.25, -0.2) is 0 Å². The molecule has 3 nitrogen and oxygen atoms in total. The maximum Gasteiger partial charge on any atom is 0.0624 e. The molecule has 0 saturated carbocycles. The van der Waals surface area contributed by atoms with Crippen molar-refractivity contribution in [2.24, 2.45) is 5.92 Å². The summed E-state index contributed by atoms with van der Waals surface area (Å²) in [6, 6.07) is 2.27. The van der Waals surface area contributed by atoms with E-state index in [1.165, 1.54) is 30.9 Å². The minimum Gasteiger partial charge on any atom is -0.316 e.